The minimum atomic E-state index is 0.450. The first-order valence-corrected chi connectivity index (χ1v) is 6.88. The van der Waals surface area contributed by atoms with E-state index in [1.807, 2.05) is 18.2 Å². The van der Waals surface area contributed by atoms with E-state index in [1.165, 1.54) is 5.56 Å². The maximum atomic E-state index is 5.44. The number of nitrogen functional groups attached to an aromatic ring is 1. The summed E-state index contributed by atoms with van der Waals surface area (Å²) in [5.74, 6) is 5.44. The zero-order chi connectivity index (χ0) is 14.4. The van der Waals surface area contributed by atoms with Crippen LogP contribution in [0.15, 0.2) is 48.7 Å². The van der Waals surface area contributed by atoms with Crippen LogP contribution in [0, 0.1) is 0 Å². The summed E-state index contributed by atoms with van der Waals surface area (Å²) in [4.78, 5) is 6.80. The molecular formula is C16H22N4. The van der Waals surface area contributed by atoms with Crippen LogP contribution in [0.5, 0.6) is 0 Å². The SMILES string of the molecule is CC(C)N(Cc1ccccc1)Cc1cc(NN)ccn1. The van der Waals surface area contributed by atoms with Crippen molar-refractivity contribution in [1.29, 1.82) is 0 Å². The molecule has 0 unspecified atom stereocenters. The zero-order valence-electron chi connectivity index (χ0n) is 12.1. The number of nitrogens with two attached hydrogens (primary N) is 1. The Morgan fingerprint density at radius 2 is 1.90 bits per heavy atom. The van der Waals surface area contributed by atoms with Crippen molar-refractivity contribution in [3.63, 3.8) is 0 Å². The van der Waals surface area contributed by atoms with Crippen LogP contribution in [0.1, 0.15) is 25.1 Å². The van der Waals surface area contributed by atoms with Crippen molar-refractivity contribution >= 4 is 5.69 Å². The number of nitrogens with zero attached hydrogens (tertiary/aromatic N) is 2. The molecular weight excluding hydrogens is 248 g/mol. The van der Waals surface area contributed by atoms with Gasteiger partial charge in [-0.15, -0.1) is 0 Å². The molecule has 3 N–H and O–H groups in total. The number of rotatable bonds is 6. The molecule has 0 atom stereocenters. The minimum Gasteiger partial charge on any atom is -0.324 e. The molecule has 0 aliphatic carbocycles. The van der Waals surface area contributed by atoms with E-state index in [9.17, 15) is 0 Å². The average Bonchev–Trinajstić information content (AvgIpc) is 2.48. The fourth-order valence-electron chi connectivity index (χ4n) is 2.10. The summed E-state index contributed by atoms with van der Waals surface area (Å²) in [5, 5.41) is 0. The van der Waals surface area contributed by atoms with Gasteiger partial charge in [0.05, 0.1) is 11.4 Å². The summed E-state index contributed by atoms with van der Waals surface area (Å²) in [6, 6.07) is 14.8. The van der Waals surface area contributed by atoms with Crippen LogP contribution in [0.4, 0.5) is 5.69 Å². The molecule has 0 fully saturated rings. The van der Waals surface area contributed by atoms with Crippen molar-refractivity contribution in [2.75, 3.05) is 5.43 Å². The van der Waals surface area contributed by atoms with E-state index in [0.717, 1.165) is 24.5 Å². The number of hydrogen-bond donors (Lipinski definition) is 2. The van der Waals surface area contributed by atoms with E-state index in [0.29, 0.717) is 6.04 Å². The topological polar surface area (TPSA) is 54.2 Å². The smallest absolute Gasteiger partial charge is 0.0565 e. The van der Waals surface area contributed by atoms with Gasteiger partial charge in [0.25, 0.3) is 0 Å². The van der Waals surface area contributed by atoms with Crippen LogP contribution in [-0.4, -0.2) is 15.9 Å². The molecule has 0 spiro atoms. The largest absolute Gasteiger partial charge is 0.324 e. The number of pyridine rings is 1. The highest BCUT2D eigenvalue weighted by Gasteiger charge is 2.11. The standard InChI is InChI=1S/C16H22N4/c1-13(2)20(11-14-6-4-3-5-7-14)12-16-10-15(19-17)8-9-18-16/h3-10,13H,11-12,17H2,1-2H3,(H,18,19). The third kappa shape index (κ3) is 4.05. The molecule has 106 valence electrons. The second kappa shape index (κ2) is 7.03. The van der Waals surface area contributed by atoms with Gasteiger partial charge < -0.3 is 5.43 Å². The molecule has 0 saturated heterocycles. The summed E-state index contributed by atoms with van der Waals surface area (Å²) in [6.45, 7) is 6.13. The summed E-state index contributed by atoms with van der Waals surface area (Å²) in [6.07, 6.45) is 1.78. The lowest BCUT2D eigenvalue weighted by molar-refractivity contribution is 0.201. The van der Waals surface area contributed by atoms with Crippen LogP contribution in [-0.2, 0) is 13.1 Å². The number of hydrazine groups is 1. The van der Waals surface area contributed by atoms with E-state index in [2.05, 4.69) is 53.4 Å². The first-order chi connectivity index (χ1) is 9.69. The maximum absolute atomic E-state index is 5.44. The van der Waals surface area contributed by atoms with Crippen molar-refractivity contribution in [1.82, 2.24) is 9.88 Å². The van der Waals surface area contributed by atoms with E-state index in [-0.39, 0.29) is 0 Å². The van der Waals surface area contributed by atoms with Crippen LogP contribution in [0.25, 0.3) is 0 Å². The summed E-state index contributed by atoms with van der Waals surface area (Å²) in [5.41, 5.74) is 5.88. The second-order valence-electron chi connectivity index (χ2n) is 5.16. The van der Waals surface area contributed by atoms with Crippen molar-refractivity contribution in [3.8, 4) is 0 Å². The first-order valence-electron chi connectivity index (χ1n) is 6.88. The highest BCUT2D eigenvalue weighted by Crippen LogP contribution is 2.14. The van der Waals surface area contributed by atoms with E-state index in [1.54, 1.807) is 6.20 Å². The maximum Gasteiger partial charge on any atom is 0.0565 e. The van der Waals surface area contributed by atoms with Crippen LogP contribution in [0.3, 0.4) is 0 Å². The van der Waals surface area contributed by atoms with Gasteiger partial charge in [-0.3, -0.25) is 15.7 Å². The summed E-state index contributed by atoms with van der Waals surface area (Å²) < 4.78 is 0. The predicted molar refractivity (Wildman–Crippen MR) is 82.9 cm³/mol. The fraction of sp³-hybridized carbons (Fsp3) is 0.312. The lowest BCUT2D eigenvalue weighted by Crippen LogP contribution is -2.30. The Bertz CT molecular complexity index is 525. The van der Waals surface area contributed by atoms with Crippen LogP contribution >= 0.6 is 0 Å². The van der Waals surface area contributed by atoms with Gasteiger partial charge in [-0.2, -0.15) is 0 Å². The second-order valence-corrected chi connectivity index (χ2v) is 5.16. The molecule has 0 amide bonds. The number of anilines is 1. The molecule has 0 bridgehead atoms. The molecule has 1 heterocycles. The third-order valence-corrected chi connectivity index (χ3v) is 3.31. The Labute approximate surface area is 120 Å². The molecule has 0 saturated carbocycles. The van der Waals surface area contributed by atoms with Crippen molar-refractivity contribution < 1.29 is 0 Å². The van der Waals surface area contributed by atoms with E-state index >= 15 is 0 Å². The summed E-state index contributed by atoms with van der Waals surface area (Å²) >= 11 is 0. The Balaban J connectivity index is 2.09. The molecule has 20 heavy (non-hydrogen) atoms. The molecule has 2 rings (SSSR count). The van der Waals surface area contributed by atoms with Gasteiger partial charge >= 0.3 is 0 Å². The van der Waals surface area contributed by atoms with Crippen molar-refractivity contribution in [2.45, 2.75) is 33.0 Å². The Morgan fingerprint density at radius 1 is 1.15 bits per heavy atom. The molecule has 0 aliphatic rings. The Kier molecular flexibility index (Phi) is 5.09. The van der Waals surface area contributed by atoms with Crippen molar-refractivity contribution in [2.24, 2.45) is 5.84 Å². The minimum absolute atomic E-state index is 0.450. The highest BCUT2D eigenvalue weighted by atomic mass is 15.2. The fourth-order valence-corrected chi connectivity index (χ4v) is 2.10. The quantitative estimate of drug-likeness (QED) is 0.626. The van der Waals surface area contributed by atoms with Crippen LogP contribution in [0.2, 0.25) is 0 Å². The average molecular weight is 270 g/mol. The first kappa shape index (κ1) is 14.5. The molecule has 2 aromatic rings. The number of aromatic nitrogens is 1. The normalized spacial score (nSPS) is 11.1. The van der Waals surface area contributed by atoms with Crippen molar-refractivity contribution in [3.05, 3.63) is 59.9 Å². The Morgan fingerprint density at radius 3 is 2.55 bits per heavy atom. The third-order valence-electron chi connectivity index (χ3n) is 3.31. The van der Waals surface area contributed by atoms with Gasteiger partial charge in [0.1, 0.15) is 0 Å². The Hall–Kier alpha value is -1.91. The predicted octanol–water partition coefficient (Wildman–Crippen LogP) is 2.78. The van der Waals surface area contributed by atoms with Gasteiger partial charge in [0, 0.05) is 25.3 Å². The lowest BCUT2D eigenvalue weighted by Gasteiger charge is -2.26. The van der Waals surface area contributed by atoms with Gasteiger partial charge in [0.2, 0.25) is 0 Å². The van der Waals surface area contributed by atoms with E-state index in [4.69, 9.17) is 5.84 Å². The lowest BCUT2D eigenvalue weighted by atomic mass is 10.1. The molecule has 4 nitrogen and oxygen atoms in total. The highest BCUT2D eigenvalue weighted by molar-refractivity contribution is 5.41. The zero-order valence-corrected chi connectivity index (χ0v) is 12.1. The monoisotopic (exact) mass is 270 g/mol. The van der Waals surface area contributed by atoms with Gasteiger partial charge in [0.15, 0.2) is 0 Å². The van der Waals surface area contributed by atoms with Crippen LogP contribution < -0.4 is 11.3 Å². The van der Waals surface area contributed by atoms with E-state index < -0.39 is 0 Å². The number of nitrogens with one attached hydrogen (secondary N) is 1. The molecule has 1 aromatic carbocycles. The molecule has 0 radical (unpaired) electrons. The van der Waals surface area contributed by atoms with Gasteiger partial charge in [-0.05, 0) is 31.5 Å². The van der Waals surface area contributed by atoms with Gasteiger partial charge in [-0.25, -0.2) is 0 Å². The molecule has 4 heteroatoms. The van der Waals surface area contributed by atoms with Gasteiger partial charge in [-0.1, -0.05) is 30.3 Å². The molecule has 0 aliphatic heterocycles. The number of benzene rings is 1. The number of hydrogen-bond acceptors (Lipinski definition) is 4. The summed E-state index contributed by atoms with van der Waals surface area (Å²) in [7, 11) is 0. The molecule has 1 aromatic heterocycles.